The van der Waals surface area contributed by atoms with Crippen LogP contribution in [0.1, 0.15) is 48.1 Å². The summed E-state index contributed by atoms with van der Waals surface area (Å²) in [5, 5.41) is 4.37. The fourth-order valence-electron chi connectivity index (χ4n) is 2.71. The topological polar surface area (TPSA) is 70.4 Å². The number of hydrogen-bond acceptors (Lipinski definition) is 5. The molecule has 2 aromatic rings. The number of methoxy groups -OCH3 is 1. The van der Waals surface area contributed by atoms with Crippen LogP contribution in [0, 0.1) is 13.8 Å². The minimum absolute atomic E-state index is 0.135. The quantitative estimate of drug-likeness (QED) is 0.569. The number of ketones is 1. The molecule has 0 aliphatic rings. The molecule has 6 heteroatoms. The van der Waals surface area contributed by atoms with Crippen LogP contribution in [0.15, 0.2) is 30.3 Å². The molecule has 1 aromatic heterocycles. The number of benzene rings is 1. The second kappa shape index (κ2) is 7.96. The summed E-state index contributed by atoms with van der Waals surface area (Å²) in [5.74, 6) is 0.00379. The van der Waals surface area contributed by atoms with Gasteiger partial charge in [-0.3, -0.25) is 14.3 Å². The highest BCUT2D eigenvalue weighted by atomic mass is 16.5. The summed E-state index contributed by atoms with van der Waals surface area (Å²) in [6.45, 7) is 7.33. The SMILES string of the molecule is COc1ccc(C(=O)[C@H](C)OC(=O)C[C@H](C)n2nc(C)cc2C)cc1. The number of carbonyl (C=O) groups excluding carboxylic acids is 2. The Morgan fingerprint density at radius 3 is 2.32 bits per heavy atom. The van der Waals surface area contributed by atoms with Crippen LogP contribution < -0.4 is 4.74 Å². The van der Waals surface area contributed by atoms with Crippen LogP contribution in [0.3, 0.4) is 0 Å². The number of ether oxygens (including phenoxy) is 2. The van der Waals surface area contributed by atoms with Gasteiger partial charge in [0.05, 0.1) is 25.3 Å². The summed E-state index contributed by atoms with van der Waals surface area (Å²) in [7, 11) is 1.56. The highest BCUT2D eigenvalue weighted by Crippen LogP contribution is 2.17. The molecule has 0 spiro atoms. The van der Waals surface area contributed by atoms with Crippen LogP contribution in [0.25, 0.3) is 0 Å². The van der Waals surface area contributed by atoms with Crippen molar-refractivity contribution in [3.63, 3.8) is 0 Å². The molecule has 0 bridgehead atoms. The number of Topliss-reactive ketones (excluding diaryl/α,β-unsaturated/α-hetero) is 1. The number of rotatable bonds is 7. The zero-order valence-corrected chi connectivity index (χ0v) is 15.3. The number of carbonyl (C=O) groups is 2. The molecular weight excluding hydrogens is 320 g/mol. The lowest BCUT2D eigenvalue weighted by Gasteiger charge is -2.16. The van der Waals surface area contributed by atoms with Crippen LogP contribution in [-0.2, 0) is 9.53 Å². The Kier molecular flexibility index (Phi) is 5.96. The van der Waals surface area contributed by atoms with Gasteiger partial charge in [-0.15, -0.1) is 0 Å². The molecule has 0 saturated carbocycles. The van der Waals surface area contributed by atoms with Gasteiger partial charge in [-0.2, -0.15) is 5.10 Å². The molecule has 0 radical (unpaired) electrons. The van der Waals surface area contributed by atoms with E-state index in [2.05, 4.69) is 5.10 Å². The van der Waals surface area contributed by atoms with E-state index in [-0.39, 0.29) is 18.2 Å². The van der Waals surface area contributed by atoms with E-state index in [1.807, 2.05) is 26.8 Å². The molecule has 0 unspecified atom stereocenters. The smallest absolute Gasteiger partial charge is 0.308 e. The number of aromatic nitrogens is 2. The molecule has 0 saturated heterocycles. The van der Waals surface area contributed by atoms with E-state index in [1.165, 1.54) is 0 Å². The van der Waals surface area contributed by atoms with E-state index in [1.54, 1.807) is 43.0 Å². The first kappa shape index (κ1) is 18.7. The Bertz CT molecular complexity index is 749. The molecule has 2 rings (SSSR count). The van der Waals surface area contributed by atoms with Gasteiger partial charge in [-0.25, -0.2) is 0 Å². The summed E-state index contributed by atoms with van der Waals surface area (Å²) in [4.78, 5) is 24.5. The van der Waals surface area contributed by atoms with E-state index in [9.17, 15) is 9.59 Å². The van der Waals surface area contributed by atoms with Crippen molar-refractivity contribution in [2.45, 2.75) is 46.3 Å². The number of aryl methyl sites for hydroxylation is 2. The fraction of sp³-hybridized carbons (Fsp3) is 0.421. The number of hydrogen-bond donors (Lipinski definition) is 0. The summed E-state index contributed by atoms with van der Waals surface area (Å²) in [5.41, 5.74) is 2.37. The average molecular weight is 344 g/mol. The second-order valence-electron chi connectivity index (χ2n) is 6.15. The molecule has 0 fully saturated rings. The van der Waals surface area contributed by atoms with E-state index in [0.717, 1.165) is 11.4 Å². The van der Waals surface area contributed by atoms with Gasteiger partial charge < -0.3 is 9.47 Å². The first-order valence-corrected chi connectivity index (χ1v) is 8.22. The number of esters is 1. The molecular formula is C19H24N2O4. The Morgan fingerprint density at radius 1 is 1.16 bits per heavy atom. The molecule has 134 valence electrons. The third kappa shape index (κ3) is 4.68. The lowest BCUT2D eigenvalue weighted by molar-refractivity contribution is -0.147. The maximum atomic E-state index is 12.4. The molecule has 1 heterocycles. The minimum atomic E-state index is -0.839. The normalized spacial score (nSPS) is 13.2. The molecule has 6 nitrogen and oxygen atoms in total. The van der Waals surface area contributed by atoms with Crippen molar-refractivity contribution in [1.29, 1.82) is 0 Å². The van der Waals surface area contributed by atoms with Gasteiger partial charge in [0.2, 0.25) is 5.78 Å². The summed E-state index contributed by atoms with van der Waals surface area (Å²) in [6, 6.07) is 8.54. The van der Waals surface area contributed by atoms with E-state index >= 15 is 0 Å². The standard InChI is InChI=1S/C19H24N2O4/c1-12-10-13(2)21(20-12)14(3)11-18(22)25-15(4)19(23)16-6-8-17(24-5)9-7-16/h6-10,14-15H,11H2,1-5H3/t14-,15-/m0/s1. The second-order valence-corrected chi connectivity index (χ2v) is 6.15. The Balaban J connectivity index is 1.94. The predicted octanol–water partition coefficient (Wildman–Crippen LogP) is 3.27. The zero-order valence-electron chi connectivity index (χ0n) is 15.3. The third-order valence-electron chi connectivity index (χ3n) is 3.98. The first-order valence-electron chi connectivity index (χ1n) is 8.22. The Labute approximate surface area is 147 Å². The molecule has 0 N–H and O–H groups in total. The minimum Gasteiger partial charge on any atom is -0.497 e. The predicted molar refractivity (Wildman–Crippen MR) is 93.9 cm³/mol. The lowest BCUT2D eigenvalue weighted by atomic mass is 10.1. The van der Waals surface area contributed by atoms with E-state index in [0.29, 0.717) is 11.3 Å². The molecule has 2 atom stereocenters. The maximum Gasteiger partial charge on any atom is 0.308 e. The molecule has 1 aromatic carbocycles. The van der Waals surface area contributed by atoms with Gasteiger partial charge in [0.25, 0.3) is 0 Å². The highest BCUT2D eigenvalue weighted by Gasteiger charge is 2.22. The van der Waals surface area contributed by atoms with Crippen molar-refractivity contribution in [1.82, 2.24) is 9.78 Å². The fourth-order valence-corrected chi connectivity index (χ4v) is 2.71. The van der Waals surface area contributed by atoms with Crippen molar-refractivity contribution >= 4 is 11.8 Å². The zero-order chi connectivity index (χ0) is 18.6. The lowest BCUT2D eigenvalue weighted by Crippen LogP contribution is -2.26. The van der Waals surface area contributed by atoms with E-state index < -0.39 is 12.1 Å². The van der Waals surface area contributed by atoms with Crippen LogP contribution in [-0.4, -0.2) is 34.7 Å². The van der Waals surface area contributed by atoms with Gasteiger partial charge >= 0.3 is 5.97 Å². The van der Waals surface area contributed by atoms with Crippen molar-refractivity contribution < 1.29 is 19.1 Å². The van der Waals surface area contributed by atoms with Gasteiger partial charge in [0.15, 0.2) is 6.10 Å². The van der Waals surface area contributed by atoms with Crippen molar-refractivity contribution in [2.75, 3.05) is 7.11 Å². The third-order valence-corrected chi connectivity index (χ3v) is 3.98. The summed E-state index contributed by atoms with van der Waals surface area (Å²) in [6.07, 6.45) is -0.684. The first-order chi connectivity index (χ1) is 11.8. The van der Waals surface area contributed by atoms with Crippen LogP contribution in [0.5, 0.6) is 5.75 Å². The van der Waals surface area contributed by atoms with Crippen molar-refractivity contribution in [2.24, 2.45) is 0 Å². The van der Waals surface area contributed by atoms with Gasteiger partial charge in [-0.05, 0) is 58.0 Å². The monoisotopic (exact) mass is 344 g/mol. The Morgan fingerprint density at radius 2 is 1.80 bits per heavy atom. The molecule has 0 aliphatic heterocycles. The van der Waals surface area contributed by atoms with Gasteiger partial charge in [0, 0.05) is 11.3 Å². The molecule has 0 aliphatic carbocycles. The van der Waals surface area contributed by atoms with Crippen LogP contribution in [0.2, 0.25) is 0 Å². The maximum absolute atomic E-state index is 12.4. The van der Waals surface area contributed by atoms with Crippen LogP contribution >= 0.6 is 0 Å². The summed E-state index contributed by atoms with van der Waals surface area (Å²) >= 11 is 0. The molecule has 25 heavy (non-hydrogen) atoms. The highest BCUT2D eigenvalue weighted by molar-refractivity contribution is 6.00. The van der Waals surface area contributed by atoms with Crippen molar-refractivity contribution in [3.8, 4) is 5.75 Å². The molecule has 0 amide bonds. The average Bonchev–Trinajstić information content (AvgIpc) is 2.92. The van der Waals surface area contributed by atoms with Gasteiger partial charge in [-0.1, -0.05) is 0 Å². The largest absolute Gasteiger partial charge is 0.497 e. The Hall–Kier alpha value is -2.63. The number of nitrogens with zero attached hydrogens (tertiary/aromatic N) is 2. The van der Waals surface area contributed by atoms with Crippen LogP contribution in [0.4, 0.5) is 0 Å². The van der Waals surface area contributed by atoms with E-state index in [4.69, 9.17) is 9.47 Å². The summed E-state index contributed by atoms with van der Waals surface area (Å²) < 4.78 is 12.2. The van der Waals surface area contributed by atoms with Gasteiger partial charge in [0.1, 0.15) is 5.75 Å². The van der Waals surface area contributed by atoms with Crippen molar-refractivity contribution in [3.05, 3.63) is 47.3 Å².